The first-order valence-electron chi connectivity index (χ1n) is 8.85. The molecular formula is C22H13Cl2F3N2O. The predicted octanol–water partition coefficient (Wildman–Crippen LogP) is 6.69. The van der Waals surface area contributed by atoms with Crippen molar-refractivity contribution in [3.05, 3.63) is 82.1 Å². The standard InChI is InChI=1S/C22H13Cl2F3N2O/c23-17-8-7-13(10-18(17)24)20-15-5-3-6-16(22(25,26)27)21(15)28-11-19(20)29-9-2-1-4-14(29)12-30/h1-8,10-12H,9H2. The van der Waals surface area contributed by atoms with E-state index in [1.165, 1.54) is 12.3 Å². The Morgan fingerprint density at radius 3 is 2.60 bits per heavy atom. The quantitative estimate of drug-likeness (QED) is 0.418. The summed E-state index contributed by atoms with van der Waals surface area (Å²) in [6, 6.07) is 8.75. The van der Waals surface area contributed by atoms with E-state index in [2.05, 4.69) is 4.98 Å². The van der Waals surface area contributed by atoms with Crippen LogP contribution in [0.25, 0.3) is 22.0 Å². The first-order valence-corrected chi connectivity index (χ1v) is 9.60. The Bertz CT molecular complexity index is 1220. The van der Waals surface area contributed by atoms with Crippen LogP contribution in [-0.2, 0) is 11.0 Å². The molecule has 30 heavy (non-hydrogen) atoms. The Labute approximate surface area is 180 Å². The van der Waals surface area contributed by atoms with Crippen LogP contribution in [0.15, 0.2) is 66.5 Å². The lowest BCUT2D eigenvalue weighted by Crippen LogP contribution is -2.26. The van der Waals surface area contributed by atoms with E-state index >= 15 is 0 Å². The van der Waals surface area contributed by atoms with Crippen molar-refractivity contribution in [2.45, 2.75) is 6.18 Å². The van der Waals surface area contributed by atoms with Gasteiger partial charge in [-0.3, -0.25) is 9.78 Å². The first kappa shape index (κ1) is 20.4. The molecular weight excluding hydrogens is 436 g/mol. The molecule has 3 aromatic rings. The van der Waals surface area contributed by atoms with E-state index in [-0.39, 0.29) is 10.5 Å². The second kappa shape index (κ2) is 7.78. The molecule has 0 unspecified atom stereocenters. The highest BCUT2D eigenvalue weighted by molar-refractivity contribution is 6.42. The second-order valence-electron chi connectivity index (χ2n) is 6.59. The number of allylic oxidation sites excluding steroid dienone is 3. The maximum absolute atomic E-state index is 13.6. The minimum Gasteiger partial charge on any atom is -0.333 e. The summed E-state index contributed by atoms with van der Waals surface area (Å²) in [6.07, 6.45) is 2.69. The summed E-state index contributed by atoms with van der Waals surface area (Å²) in [4.78, 5) is 17.4. The van der Waals surface area contributed by atoms with Crippen molar-refractivity contribution < 1.29 is 18.0 Å². The van der Waals surface area contributed by atoms with Crippen LogP contribution >= 0.6 is 23.2 Å². The SMILES string of the molecule is O=CC1=CC=CCN1c1cnc2c(C(F)(F)F)cccc2c1-c1ccc(Cl)c(Cl)c1. The van der Waals surface area contributed by atoms with Crippen LogP contribution in [-0.4, -0.2) is 17.8 Å². The molecule has 0 saturated carbocycles. The number of aromatic nitrogens is 1. The molecule has 0 atom stereocenters. The number of fused-ring (bicyclic) bond motifs is 1. The molecule has 1 aromatic heterocycles. The van der Waals surface area contributed by atoms with Crippen molar-refractivity contribution in [2.24, 2.45) is 0 Å². The minimum absolute atomic E-state index is 0.181. The van der Waals surface area contributed by atoms with Gasteiger partial charge in [0, 0.05) is 17.5 Å². The number of para-hydroxylation sites is 1. The van der Waals surface area contributed by atoms with Crippen molar-refractivity contribution in [1.82, 2.24) is 4.98 Å². The normalized spacial score (nSPS) is 14.2. The number of benzene rings is 2. The molecule has 0 bridgehead atoms. The van der Waals surface area contributed by atoms with E-state index in [1.807, 2.05) is 6.08 Å². The molecule has 0 fully saturated rings. The fourth-order valence-electron chi connectivity index (χ4n) is 3.47. The number of pyridine rings is 1. The highest BCUT2D eigenvalue weighted by Crippen LogP contribution is 2.43. The number of carbonyl (C=O) groups is 1. The number of halogens is 5. The van der Waals surface area contributed by atoms with E-state index in [0.29, 0.717) is 45.8 Å². The fourth-order valence-corrected chi connectivity index (χ4v) is 3.77. The molecule has 2 heterocycles. The van der Waals surface area contributed by atoms with Gasteiger partial charge in [0.2, 0.25) is 0 Å². The van der Waals surface area contributed by atoms with Crippen LogP contribution in [0.3, 0.4) is 0 Å². The van der Waals surface area contributed by atoms with Crippen molar-refractivity contribution in [3.63, 3.8) is 0 Å². The highest BCUT2D eigenvalue weighted by Gasteiger charge is 2.34. The van der Waals surface area contributed by atoms with Crippen LogP contribution < -0.4 is 4.90 Å². The average Bonchev–Trinajstić information content (AvgIpc) is 2.73. The molecule has 1 aliphatic rings. The van der Waals surface area contributed by atoms with Gasteiger partial charge in [0.15, 0.2) is 6.29 Å². The van der Waals surface area contributed by atoms with E-state index in [4.69, 9.17) is 23.2 Å². The summed E-state index contributed by atoms with van der Waals surface area (Å²) >= 11 is 12.2. The number of carbonyl (C=O) groups excluding carboxylic acids is 1. The summed E-state index contributed by atoms with van der Waals surface area (Å²) in [6.45, 7) is 0.366. The summed E-state index contributed by atoms with van der Waals surface area (Å²) in [5.74, 6) is 0. The highest BCUT2D eigenvalue weighted by atomic mass is 35.5. The monoisotopic (exact) mass is 448 g/mol. The van der Waals surface area contributed by atoms with Gasteiger partial charge in [-0.05, 0) is 29.8 Å². The number of aldehydes is 1. The summed E-state index contributed by atoms with van der Waals surface area (Å²) < 4.78 is 40.8. The lowest BCUT2D eigenvalue weighted by atomic mass is 9.96. The number of rotatable bonds is 3. The smallest absolute Gasteiger partial charge is 0.333 e. The molecule has 0 N–H and O–H groups in total. The van der Waals surface area contributed by atoms with Crippen molar-refractivity contribution >= 4 is 46.1 Å². The third-order valence-corrected chi connectivity index (χ3v) is 5.54. The average molecular weight is 449 g/mol. The topological polar surface area (TPSA) is 33.2 Å². The van der Waals surface area contributed by atoms with E-state index < -0.39 is 11.7 Å². The second-order valence-corrected chi connectivity index (χ2v) is 7.41. The summed E-state index contributed by atoms with van der Waals surface area (Å²) in [7, 11) is 0. The van der Waals surface area contributed by atoms with Gasteiger partial charge in [-0.15, -0.1) is 0 Å². The molecule has 0 saturated heterocycles. The predicted molar refractivity (Wildman–Crippen MR) is 113 cm³/mol. The third kappa shape index (κ3) is 3.57. The molecule has 1 aliphatic heterocycles. The zero-order chi connectivity index (χ0) is 21.5. The van der Waals surface area contributed by atoms with Crippen LogP contribution in [0, 0.1) is 0 Å². The summed E-state index contributed by atoms with van der Waals surface area (Å²) in [5, 5.41) is 0.882. The lowest BCUT2D eigenvalue weighted by Gasteiger charge is -2.28. The van der Waals surface area contributed by atoms with Gasteiger partial charge in [0.05, 0.1) is 38.7 Å². The lowest BCUT2D eigenvalue weighted by molar-refractivity contribution is -0.136. The van der Waals surface area contributed by atoms with Gasteiger partial charge in [0.25, 0.3) is 0 Å². The molecule has 152 valence electrons. The third-order valence-electron chi connectivity index (χ3n) is 4.81. The minimum atomic E-state index is -4.56. The number of hydrogen-bond donors (Lipinski definition) is 0. The van der Waals surface area contributed by atoms with Crippen molar-refractivity contribution in [2.75, 3.05) is 11.4 Å². The maximum Gasteiger partial charge on any atom is 0.418 e. The molecule has 3 nitrogen and oxygen atoms in total. The Kier molecular flexibility index (Phi) is 5.30. The molecule has 2 aromatic carbocycles. The van der Waals surface area contributed by atoms with E-state index in [0.717, 1.165) is 6.07 Å². The van der Waals surface area contributed by atoms with Gasteiger partial charge in [0.1, 0.15) is 0 Å². The zero-order valence-electron chi connectivity index (χ0n) is 15.3. The number of hydrogen-bond acceptors (Lipinski definition) is 3. The van der Waals surface area contributed by atoms with Gasteiger partial charge < -0.3 is 4.90 Å². The number of alkyl halides is 3. The fraction of sp³-hybridized carbons (Fsp3) is 0.0909. The molecule has 0 radical (unpaired) electrons. The first-order chi connectivity index (χ1) is 14.3. The van der Waals surface area contributed by atoms with E-state index in [9.17, 15) is 18.0 Å². The largest absolute Gasteiger partial charge is 0.418 e. The van der Waals surface area contributed by atoms with Crippen molar-refractivity contribution in [3.8, 4) is 11.1 Å². The van der Waals surface area contributed by atoms with Gasteiger partial charge >= 0.3 is 6.18 Å². The molecule has 0 amide bonds. The van der Waals surface area contributed by atoms with Crippen LogP contribution in [0.4, 0.5) is 18.9 Å². The van der Waals surface area contributed by atoms with Gasteiger partial charge in [-0.25, -0.2) is 0 Å². The maximum atomic E-state index is 13.6. The van der Waals surface area contributed by atoms with Crippen LogP contribution in [0.2, 0.25) is 10.0 Å². The van der Waals surface area contributed by atoms with Crippen LogP contribution in [0.5, 0.6) is 0 Å². The molecule has 4 rings (SSSR count). The Hall–Kier alpha value is -2.83. The Morgan fingerprint density at radius 1 is 1.10 bits per heavy atom. The molecule has 0 spiro atoms. The zero-order valence-corrected chi connectivity index (χ0v) is 16.8. The Morgan fingerprint density at radius 2 is 1.90 bits per heavy atom. The summed E-state index contributed by atoms with van der Waals surface area (Å²) in [5.41, 5.74) is 0.880. The van der Waals surface area contributed by atoms with Crippen LogP contribution in [0.1, 0.15) is 5.56 Å². The van der Waals surface area contributed by atoms with E-state index in [1.54, 1.807) is 41.3 Å². The van der Waals surface area contributed by atoms with Crippen molar-refractivity contribution in [1.29, 1.82) is 0 Å². The number of nitrogens with zero attached hydrogens (tertiary/aromatic N) is 2. The number of anilines is 1. The van der Waals surface area contributed by atoms with Gasteiger partial charge in [-0.1, -0.05) is 53.6 Å². The molecule has 0 aliphatic carbocycles. The molecule has 8 heteroatoms. The van der Waals surface area contributed by atoms with Gasteiger partial charge in [-0.2, -0.15) is 13.2 Å². The Balaban J connectivity index is 2.07.